The van der Waals surface area contributed by atoms with Gasteiger partial charge >= 0.3 is 6.18 Å². The van der Waals surface area contributed by atoms with E-state index in [4.69, 9.17) is 0 Å². The number of hydrogen-bond donors (Lipinski definition) is 1. The summed E-state index contributed by atoms with van der Waals surface area (Å²) in [5.41, 5.74) is 3.03. The highest BCUT2D eigenvalue weighted by Crippen LogP contribution is 2.33. The third-order valence-corrected chi connectivity index (χ3v) is 3.72. The molecule has 0 saturated heterocycles. The molecule has 2 aromatic rings. The summed E-state index contributed by atoms with van der Waals surface area (Å²) in [6.45, 7) is 3.75. The molecule has 1 N–H and O–H groups in total. The topological polar surface area (TPSA) is 29.1 Å². The van der Waals surface area contributed by atoms with E-state index in [9.17, 15) is 18.0 Å². The molecule has 1 amide bonds. The average Bonchev–Trinajstić information content (AvgIpc) is 2.58. The molecule has 2 aromatic carbocycles. The predicted octanol–water partition coefficient (Wildman–Crippen LogP) is 5.34. The van der Waals surface area contributed by atoms with Gasteiger partial charge in [0.2, 0.25) is 6.41 Å². The molecule has 2 nitrogen and oxygen atoms in total. The van der Waals surface area contributed by atoms with Crippen molar-refractivity contribution in [3.05, 3.63) is 77.5 Å². The second-order valence-corrected chi connectivity index (χ2v) is 5.49. The Bertz CT molecular complexity index is 820. The molecule has 0 radical (unpaired) electrons. The van der Waals surface area contributed by atoms with Crippen molar-refractivity contribution in [1.29, 1.82) is 0 Å². The summed E-state index contributed by atoms with van der Waals surface area (Å²) in [6, 6.07) is 10.7. The molecule has 0 saturated carbocycles. The van der Waals surface area contributed by atoms with E-state index in [1.807, 2.05) is 38.1 Å². The molecule has 0 aromatic heterocycles. The molecule has 25 heavy (non-hydrogen) atoms. The van der Waals surface area contributed by atoms with Crippen LogP contribution in [0.25, 0.3) is 16.7 Å². The highest BCUT2D eigenvalue weighted by atomic mass is 19.4. The number of carbonyl (C=O) groups excluding carboxylic acids is 1. The zero-order chi connectivity index (χ0) is 18.4. The normalized spacial score (nSPS) is 12.4. The number of benzene rings is 2. The molecule has 0 aliphatic carbocycles. The van der Waals surface area contributed by atoms with Gasteiger partial charge in [-0.3, -0.25) is 4.79 Å². The van der Waals surface area contributed by atoms with Gasteiger partial charge in [0.1, 0.15) is 0 Å². The van der Waals surface area contributed by atoms with E-state index < -0.39 is 11.7 Å². The third-order valence-electron chi connectivity index (χ3n) is 3.72. The quantitative estimate of drug-likeness (QED) is 0.575. The molecule has 0 aliphatic heterocycles. The van der Waals surface area contributed by atoms with Crippen LogP contribution in [0.3, 0.4) is 0 Å². The number of hydrogen-bond acceptors (Lipinski definition) is 1. The predicted molar refractivity (Wildman–Crippen MR) is 93.6 cm³/mol. The van der Waals surface area contributed by atoms with Crippen molar-refractivity contribution in [2.75, 3.05) is 0 Å². The zero-order valence-electron chi connectivity index (χ0n) is 13.9. The summed E-state index contributed by atoms with van der Waals surface area (Å²) in [7, 11) is 0. The highest BCUT2D eigenvalue weighted by molar-refractivity contribution is 5.80. The van der Waals surface area contributed by atoms with E-state index in [1.165, 1.54) is 6.07 Å². The van der Waals surface area contributed by atoms with Crippen LogP contribution in [-0.2, 0) is 11.0 Å². The second kappa shape index (κ2) is 7.83. The van der Waals surface area contributed by atoms with Gasteiger partial charge in [0, 0.05) is 6.20 Å². The lowest BCUT2D eigenvalue weighted by Gasteiger charge is -2.12. The molecular formula is C20H18F3NO. The monoisotopic (exact) mass is 345 g/mol. The van der Waals surface area contributed by atoms with E-state index in [1.54, 1.807) is 18.3 Å². The van der Waals surface area contributed by atoms with E-state index in [-0.39, 0.29) is 0 Å². The number of aryl methyl sites for hydroxylation is 1. The molecule has 0 aliphatic rings. The Morgan fingerprint density at radius 2 is 1.80 bits per heavy atom. The average molecular weight is 345 g/mol. The van der Waals surface area contributed by atoms with Gasteiger partial charge < -0.3 is 5.32 Å². The maximum Gasteiger partial charge on any atom is 0.416 e. The molecule has 0 unspecified atom stereocenters. The fraction of sp³-hybridized carbons (Fsp3) is 0.150. The van der Waals surface area contributed by atoms with Gasteiger partial charge in [0.25, 0.3) is 0 Å². The molecule has 0 fully saturated rings. The Labute approximate surface area is 144 Å². The van der Waals surface area contributed by atoms with Gasteiger partial charge in [-0.25, -0.2) is 0 Å². The molecule has 0 atom stereocenters. The smallest absolute Gasteiger partial charge is 0.335 e. The van der Waals surface area contributed by atoms with E-state index >= 15 is 0 Å². The lowest BCUT2D eigenvalue weighted by atomic mass is 9.94. The van der Waals surface area contributed by atoms with Crippen LogP contribution in [0.4, 0.5) is 13.2 Å². The van der Waals surface area contributed by atoms with Gasteiger partial charge in [-0.05, 0) is 59.9 Å². The Morgan fingerprint density at radius 3 is 2.44 bits per heavy atom. The number of carbonyl (C=O) groups is 1. The van der Waals surface area contributed by atoms with Crippen LogP contribution >= 0.6 is 0 Å². The first kappa shape index (κ1) is 18.5. The number of nitrogens with one attached hydrogen (secondary N) is 1. The van der Waals surface area contributed by atoms with Crippen molar-refractivity contribution < 1.29 is 18.0 Å². The summed E-state index contributed by atoms with van der Waals surface area (Å²) in [5.74, 6) is 0. The first-order valence-electron chi connectivity index (χ1n) is 7.68. The van der Waals surface area contributed by atoms with Crippen LogP contribution < -0.4 is 5.32 Å². The standard InChI is InChI=1S/C20H18F3NO/c1-3-5-17(12-24-13-25)19-11-16(9-8-14(19)2)15-6-4-7-18(10-15)20(21,22)23/h3-13H,1-2H3,(H,24,25)/b5-3-,17-12+. The third kappa shape index (κ3) is 4.59. The summed E-state index contributed by atoms with van der Waals surface area (Å²) in [5, 5.41) is 2.50. The van der Waals surface area contributed by atoms with Gasteiger partial charge in [0.05, 0.1) is 5.56 Å². The Hall–Kier alpha value is -2.82. The minimum absolute atomic E-state index is 0.485. The number of allylic oxidation sites excluding steroid dienone is 3. The lowest BCUT2D eigenvalue weighted by Crippen LogP contribution is -2.04. The minimum Gasteiger partial charge on any atom is -0.335 e. The van der Waals surface area contributed by atoms with Crippen LogP contribution in [0.15, 0.2) is 60.8 Å². The SMILES string of the molecule is C/C=C\C(=C/NC=O)c1cc(-c2cccc(C(F)(F)F)c2)ccc1C. The van der Waals surface area contributed by atoms with Crippen LogP contribution in [0.2, 0.25) is 0 Å². The molecule has 130 valence electrons. The van der Waals surface area contributed by atoms with Crippen LogP contribution in [0.5, 0.6) is 0 Å². The summed E-state index contributed by atoms with van der Waals surface area (Å²) in [6.07, 6.45) is 1.40. The van der Waals surface area contributed by atoms with Crippen molar-refractivity contribution in [2.24, 2.45) is 0 Å². The fourth-order valence-electron chi connectivity index (χ4n) is 2.51. The Balaban J connectivity index is 2.54. The molecule has 2 rings (SSSR count). The van der Waals surface area contributed by atoms with Crippen LogP contribution in [0.1, 0.15) is 23.6 Å². The van der Waals surface area contributed by atoms with Crippen molar-refractivity contribution in [1.82, 2.24) is 5.32 Å². The lowest BCUT2D eigenvalue weighted by molar-refractivity contribution is -0.137. The largest absolute Gasteiger partial charge is 0.416 e. The highest BCUT2D eigenvalue weighted by Gasteiger charge is 2.30. The maximum atomic E-state index is 12.9. The van der Waals surface area contributed by atoms with E-state index in [0.717, 1.165) is 28.8 Å². The van der Waals surface area contributed by atoms with Crippen molar-refractivity contribution >= 4 is 12.0 Å². The van der Waals surface area contributed by atoms with Gasteiger partial charge in [-0.15, -0.1) is 0 Å². The van der Waals surface area contributed by atoms with Crippen molar-refractivity contribution in [3.63, 3.8) is 0 Å². The zero-order valence-corrected chi connectivity index (χ0v) is 13.9. The number of rotatable bonds is 5. The van der Waals surface area contributed by atoms with Crippen molar-refractivity contribution in [2.45, 2.75) is 20.0 Å². The molecular weight excluding hydrogens is 327 g/mol. The Morgan fingerprint density at radius 1 is 1.08 bits per heavy atom. The van der Waals surface area contributed by atoms with Gasteiger partial charge in [-0.1, -0.05) is 36.4 Å². The maximum absolute atomic E-state index is 12.9. The summed E-state index contributed by atoms with van der Waals surface area (Å²) < 4.78 is 38.8. The minimum atomic E-state index is -4.38. The number of amides is 1. The second-order valence-electron chi connectivity index (χ2n) is 5.49. The summed E-state index contributed by atoms with van der Waals surface area (Å²) >= 11 is 0. The molecule has 0 spiro atoms. The molecule has 5 heteroatoms. The van der Waals surface area contributed by atoms with Crippen molar-refractivity contribution in [3.8, 4) is 11.1 Å². The van der Waals surface area contributed by atoms with Crippen LogP contribution in [-0.4, -0.2) is 6.41 Å². The molecule has 0 bridgehead atoms. The van der Waals surface area contributed by atoms with Gasteiger partial charge in [0.15, 0.2) is 0 Å². The fourth-order valence-corrected chi connectivity index (χ4v) is 2.51. The van der Waals surface area contributed by atoms with Crippen LogP contribution in [0, 0.1) is 6.92 Å². The van der Waals surface area contributed by atoms with E-state index in [0.29, 0.717) is 17.5 Å². The first-order valence-corrected chi connectivity index (χ1v) is 7.68. The number of halogens is 3. The first-order chi connectivity index (χ1) is 11.9. The van der Waals surface area contributed by atoms with Gasteiger partial charge in [-0.2, -0.15) is 13.2 Å². The number of alkyl halides is 3. The van der Waals surface area contributed by atoms with E-state index in [2.05, 4.69) is 5.32 Å². The summed E-state index contributed by atoms with van der Waals surface area (Å²) in [4.78, 5) is 10.6. The molecule has 0 heterocycles. The Kier molecular flexibility index (Phi) is 5.80.